The zero-order valence-electron chi connectivity index (χ0n) is 13.1. The molecule has 1 aromatic rings. The fourth-order valence-corrected chi connectivity index (χ4v) is 2.82. The number of amides is 2. The van der Waals surface area contributed by atoms with E-state index in [1.807, 2.05) is 37.3 Å². The van der Waals surface area contributed by atoms with Crippen molar-refractivity contribution in [3.8, 4) is 0 Å². The van der Waals surface area contributed by atoms with Gasteiger partial charge in [0.25, 0.3) is 0 Å². The van der Waals surface area contributed by atoms with Crippen LogP contribution >= 0.6 is 12.4 Å². The van der Waals surface area contributed by atoms with E-state index in [2.05, 4.69) is 10.6 Å². The second-order valence-electron chi connectivity index (χ2n) is 5.54. The second-order valence-corrected chi connectivity index (χ2v) is 5.54. The smallest absolute Gasteiger partial charge is 0.243 e. The quantitative estimate of drug-likeness (QED) is 0.871. The van der Waals surface area contributed by atoms with Gasteiger partial charge in [-0.15, -0.1) is 12.4 Å². The maximum Gasteiger partial charge on any atom is 0.243 e. The lowest BCUT2D eigenvalue weighted by Crippen LogP contribution is -2.54. The van der Waals surface area contributed by atoms with Crippen molar-refractivity contribution in [1.29, 1.82) is 0 Å². The van der Waals surface area contributed by atoms with Crippen LogP contribution in [0, 0.1) is 0 Å². The summed E-state index contributed by atoms with van der Waals surface area (Å²) in [5.74, 6) is -0.174. The molecule has 0 spiro atoms. The number of nitrogens with one attached hydrogen (secondary N) is 2. The monoisotopic (exact) mass is 325 g/mol. The van der Waals surface area contributed by atoms with Crippen molar-refractivity contribution in [2.45, 2.75) is 31.7 Å². The normalized spacial score (nSPS) is 20.1. The molecule has 1 aliphatic rings. The molecule has 1 unspecified atom stereocenters. The van der Waals surface area contributed by atoms with Crippen molar-refractivity contribution < 1.29 is 9.59 Å². The Morgan fingerprint density at radius 1 is 1.32 bits per heavy atom. The Hall–Kier alpha value is -1.59. The van der Waals surface area contributed by atoms with Crippen molar-refractivity contribution in [3.63, 3.8) is 0 Å². The van der Waals surface area contributed by atoms with E-state index in [9.17, 15) is 9.59 Å². The van der Waals surface area contributed by atoms with Gasteiger partial charge in [0.1, 0.15) is 0 Å². The summed E-state index contributed by atoms with van der Waals surface area (Å²) in [6, 6.07) is 9.26. The molecule has 2 rings (SSSR count). The molecule has 122 valence electrons. The summed E-state index contributed by atoms with van der Waals surface area (Å²) >= 11 is 0. The van der Waals surface area contributed by atoms with Gasteiger partial charge < -0.3 is 15.5 Å². The van der Waals surface area contributed by atoms with E-state index >= 15 is 0 Å². The minimum Gasteiger partial charge on any atom is -0.335 e. The van der Waals surface area contributed by atoms with E-state index in [0.29, 0.717) is 0 Å². The number of carbonyl (C=O) groups is 2. The summed E-state index contributed by atoms with van der Waals surface area (Å²) in [6.07, 6.45) is 2.59. The van der Waals surface area contributed by atoms with Crippen LogP contribution in [0.1, 0.15) is 26.2 Å². The number of halogens is 1. The first-order valence-corrected chi connectivity index (χ1v) is 7.43. The lowest BCUT2D eigenvalue weighted by molar-refractivity contribution is -0.139. The Bertz CT molecular complexity index is 501. The molecule has 0 radical (unpaired) electrons. The molecule has 2 amide bonds. The van der Waals surface area contributed by atoms with Gasteiger partial charge in [-0.25, -0.2) is 0 Å². The van der Waals surface area contributed by atoms with Crippen LogP contribution in [0.3, 0.4) is 0 Å². The van der Waals surface area contributed by atoms with Crippen LogP contribution in [0.2, 0.25) is 0 Å². The first-order valence-electron chi connectivity index (χ1n) is 7.43. The van der Waals surface area contributed by atoms with Crippen LogP contribution in [0.25, 0.3) is 0 Å². The largest absolute Gasteiger partial charge is 0.335 e. The maximum atomic E-state index is 12.6. The van der Waals surface area contributed by atoms with Crippen molar-refractivity contribution >= 4 is 29.9 Å². The molecule has 0 bridgehead atoms. The average molecular weight is 326 g/mol. The third kappa shape index (κ3) is 4.21. The molecule has 1 atom stereocenters. The van der Waals surface area contributed by atoms with Crippen molar-refractivity contribution in [2.24, 2.45) is 0 Å². The lowest BCUT2D eigenvalue weighted by Gasteiger charge is -2.31. The zero-order valence-corrected chi connectivity index (χ0v) is 13.9. The molecular weight excluding hydrogens is 302 g/mol. The highest BCUT2D eigenvalue weighted by molar-refractivity contribution is 5.96. The number of anilines is 1. The van der Waals surface area contributed by atoms with E-state index in [4.69, 9.17) is 0 Å². The Morgan fingerprint density at radius 2 is 2.00 bits per heavy atom. The van der Waals surface area contributed by atoms with Gasteiger partial charge in [-0.1, -0.05) is 25.1 Å². The molecule has 1 fully saturated rings. The SMILES string of the molecule is CCC1(C(=O)N(C)CC(=O)Nc2ccccc2)CCCN1.Cl. The molecule has 1 heterocycles. The standard InChI is InChI=1S/C16H23N3O2.ClH/c1-3-16(10-7-11-17-16)15(21)19(2)12-14(20)18-13-8-5-4-6-9-13;/h4-6,8-9,17H,3,7,10-12H2,1-2H3,(H,18,20);1H. The number of benzene rings is 1. The van der Waals surface area contributed by atoms with E-state index in [1.165, 1.54) is 4.90 Å². The van der Waals surface area contributed by atoms with Gasteiger partial charge >= 0.3 is 0 Å². The van der Waals surface area contributed by atoms with Crippen LogP contribution in [0.5, 0.6) is 0 Å². The van der Waals surface area contributed by atoms with Crippen LogP contribution in [-0.2, 0) is 9.59 Å². The fraction of sp³-hybridized carbons (Fsp3) is 0.500. The van der Waals surface area contributed by atoms with Gasteiger partial charge in [0, 0.05) is 12.7 Å². The first-order chi connectivity index (χ1) is 10.1. The molecule has 0 aliphatic carbocycles. The van der Waals surface area contributed by atoms with Crippen LogP contribution in [0.15, 0.2) is 30.3 Å². The summed E-state index contributed by atoms with van der Waals surface area (Å²) in [7, 11) is 1.68. The van der Waals surface area contributed by atoms with Crippen molar-refractivity contribution in [3.05, 3.63) is 30.3 Å². The number of likely N-dealkylation sites (N-methyl/N-ethyl adjacent to an activating group) is 1. The average Bonchev–Trinajstić information content (AvgIpc) is 2.97. The molecule has 22 heavy (non-hydrogen) atoms. The number of hydrogen-bond donors (Lipinski definition) is 2. The number of para-hydroxylation sites is 1. The van der Waals surface area contributed by atoms with E-state index < -0.39 is 5.54 Å². The molecule has 2 N–H and O–H groups in total. The van der Waals surface area contributed by atoms with Gasteiger partial charge in [0.2, 0.25) is 11.8 Å². The Morgan fingerprint density at radius 3 is 2.55 bits per heavy atom. The molecule has 1 aromatic carbocycles. The number of nitrogens with zero attached hydrogens (tertiary/aromatic N) is 1. The van der Waals surface area contributed by atoms with Gasteiger partial charge in [-0.3, -0.25) is 9.59 Å². The van der Waals surface area contributed by atoms with E-state index in [1.54, 1.807) is 7.05 Å². The molecule has 1 saturated heterocycles. The van der Waals surface area contributed by atoms with Gasteiger partial charge in [0.05, 0.1) is 12.1 Å². The maximum absolute atomic E-state index is 12.6. The highest BCUT2D eigenvalue weighted by Gasteiger charge is 2.41. The van der Waals surface area contributed by atoms with Gasteiger partial charge in [-0.05, 0) is 37.9 Å². The number of hydrogen-bond acceptors (Lipinski definition) is 3. The highest BCUT2D eigenvalue weighted by Crippen LogP contribution is 2.25. The molecule has 1 aliphatic heterocycles. The van der Waals surface area contributed by atoms with Gasteiger partial charge in [0.15, 0.2) is 0 Å². The zero-order chi connectivity index (χ0) is 15.3. The molecule has 0 aromatic heterocycles. The fourth-order valence-electron chi connectivity index (χ4n) is 2.82. The van der Waals surface area contributed by atoms with Crippen LogP contribution < -0.4 is 10.6 Å². The molecule has 0 saturated carbocycles. The molecule has 5 nitrogen and oxygen atoms in total. The lowest BCUT2D eigenvalue weighted by atomic mass is 9.92. The third-order valence-corrected chi connectivity index (χ3v) is 4.04. The second kappa shape index (κ2) is 8.15. The Kier molecular flexibility index (Phi) is 6.84. The molecular formula is C16H24ClN3O2. The Balaban J connectivity index is 0.00000242. The summed E-state index contributed by atoms with van der Waals surface area (Å²) in [5, 5.41) is 6.10. The predicted octanol–water partition coefficient (Wildman–Crippen LogP) is 2.04. The minimum absolute atomic E-state index is 0. The summed E-state index contributed by atoms with van der Waals surface area (Å²) in [6.45, 7) is 2.94. The summed E-state index contributed by atoms with van der Waals surface area (Å²) in [5.41, 5.74) is 0.259. The van der Waals surface area contributed by atoms with Gasteiger partial charge in [-0.2, -0.15) is 0 Å². The molecule has 6 heteroatoms. The minimum atomic E-state index is -0.484. The topological polar surface area (TPSA) is 61.4 Å². The van der Waals surface area contributed by atoms with E-state index in [-0.39, 0.29) is 30.8 Å². The van der Waals surface area contributed by atoms with Crippen molar-refractivity contribution in [2.75, 3.05) is 25.5 Å². The van der Waals surface area contributed by atoms with Crippen LogP contribution in [-0.4, -0.2) is 42.4 Å². The van der Waals surface area contributed by atoms with Crippen molar-refractivity contribution in [1.82, 2.24) is 10.2 Å². The summed E-state index contributed by atoms with van der Waals surface area (Å²) in [4.78, 5) is 26.1. The first kappa shape index (κ1) is 18.5. The number of rotatable bonds is 5. The highest BCUT2D eigenvalue weighted by atomic mass is 35.5. The van der Waals surface area contributed by atoms with Crippen LogP contribution in [0.4, 0.5) is 5.69 Å². The summed E-state index contributed by atoms with van der Waals surface area (Å²) < 4.78 is 0. The number of carbonyl (C=O) groups excluding carboxylic acids is 2. The predicted molar refractivity (Wildman–Crippen MR) is 90.2 cm³/mol. The van der Waals surface area contributed by atoms with E-state index in [0.717, 1.165) is 31.5 Å². The third-order valence-electron chi connectivity index (χ3n) is 4.04. The Labute approximate surface area is 137 Å².